The van der Waals surface area contributed by atoms with Crippen LogP contribution >= 0.6 is 11.6 Å². The first kappa shape index (κ1) is 9.24. The summed E-state index contributed by atoms with van der Waals surface area (Å²) in [6, 6.07) is 7.38. The highest BCUT2D eigenvalue weighted by atomic mass is 35.5. The molecule has 14 heavy (non-hydrogen) atoms. The van der Waals surface area contributed by atoms with Crippen LogP contribution in [-0.2, 0) is 6.61 Å². The molecule has 0 bridgehead atoms. The van der Waals surface area contributed by atoms with Crippen LogP contribution in [0.5, 0.6) is 0 Å². The molecule has 2 aromatic rings. The SMILES string of the molecule is OCc1cn[nH]c1-c1ccc(Cl)cc1. The van der Waals surface area contributed by atoms with E-state index in [1.807, 2.05) is 12.1 Å². The number of aromatic amines is 1. The molecule has 2 N–H and O–H groups in total. The van der Waals surface area contributed by atoms with Crippen molar-refractivity contribution in [2.24, 2.45) is 0 Å². The van der Waals surface area contributed by atoms with Gasteiger partial charge in [0.1, 0.15) is 0 Å². The molecule has 72 valence electrons. The lowest BCUT2D eigenvalue weighted by atomic mass is 10.1. The Kier molecular flexibility index (Phi) is 2.52. The first-order chi connectivity index (χ1) is 6.81. The Balaban J connectivity index is 2.44. The van der Waals surface area contributed by atoms with E-state index in [-0.39, 0.29) is 6.61 Å². The van der Waals surface area contributed by atoms with Crippen LogP contribution in [-0.4, -0.2) is 15.3 Å². The van der Waals surface area contributed by atoms with Crippen molar-refractivity contribution in [2.45, 2.75) is 6.61 Å². The molecule has 1 aromatic heterocycles. The molecule has 1 heterocycles. The molecule has 1 aromatic carbocycles. The number of hydrogen-bond acceptors (Lipinski definition) is 2. The number of nitrogens with one attached hydrogen (secondary N) is 1. The predicted octanol–water partition coefficient (Wildman–Crippen LogP) is 2.22. The molecular weight excluding hydrogens is 200 g/mol. The molecule has 0 spiro atoms. The van der Waals surface area contributed by atoms with Gasteiger partial charge in [0.2, 0.25) is 0 Å². The molecule has 0 fully saturated rings. The Bertz CT molecular complexity index is 422. The second kappa shape index (κ2) is 3.82. The van der Waals surface area contributed by atoms with E-state index in [4.69, 9.17) is 16.7 Å². The van der Waals surface area contributed by atoms with Crippen LogP contribution in [0, 0.1) is 0 Å². The summed E-state index contributed by atoms with van der Waals surface area (Å²) in [5, 5.41) is 16.4. The molecule has 0 saturated heterocycles. The van der Waals surface area contributed by atoms with E-state index < -0.39 is 0 Å². The van der Waals surface area contributed by atoms with Crippen LogP contribution in [0.1, 0.15) is 5.56 Å². The Morgan fingerprint density at radius 3 is 2.64 bits per heavy atom. The van der Waals surface area contributed by atoms with Crippen molar-refractivity contribution in [3.8, 4) is 11.3 Å². The average molecular weight is 209 g/mol. The highest BCUT2D eigenvalue weighted by Gasteiger charge is 2.05. The quantitative estimate of drug-likeness (QED) is 0.795. The fourth-order valence-electron chi connectivity index (χ4n) is 1.30. The second-order valence-corrected chi connectivity index (χ2v) is 3.37. The summed E-state index contributed by atoms with van der Waals surface area (Å²) in [6.07, 6.45) is 1.62. The number of aliphatic hydroxyl groups is 1. The van der Waals surface area contributed by atoms with Gasteiger partial charge in [-0.15, -0.1) is 0 Å². The maximum Gasteiger partial charge on any atom is 0.0718 e. The lowest BCUT2D eigenvalue weighted by Gasteiger charge is -2.00. The van der Waals surface area contributed by atoms with Crippen molar-refractivity contribution in [1.82, 2.24) is 10.2 Å². The van der Waals surface area contributed by atoms with Crippen molar-refractivity contribution >= 4 is 11.6 Å². The number of H-pyrrole nitrogens is 1. The second-order valence-electron chi connectivity index (χ2n) is 2.94. The highest BCUT2D eigenvalue weighted by molar-refractivity contribution is 6.30. The van der Waals surface area contributed by atoms with E-state index in [9.17, 15) is 0 Å². The largest absolute Gasteiger partial charge is 0.392 e. The van der Waals surface area contributed by atoms with Crippen LogP contribution in [0.15, 0.2) is 30.5 Å². The summed E-state index contributed by atoms with van der Waals surface area (Å²) in [7, 11) is 0. The Morgan fingerprint density at radius 1 is 1.29 bits per heavy atom. The van der Waals surface area contributed by atoms with Gasteiger partial charge in [0.25, 0.3) is 0 Å². The molecule has 0 radical (unpaired) electrons. The van der Waals surface area contributed by atoms with Gasteiger partial charge in [-0.05, 0) is 17.7 Å². The maximum atomic E-state index is 9.04. The lowest BCUT2D eigenvalue weighted by Crippen LogP contribution is -1.85. The summed E-state index contributed by atoms with van der Waals surface area (Å²) in [4.78, 5) is 0. The molecule has 0 aliphatic carbocycles. The van der Waals surface area contributed by atoms with Gasteiger partial charge in [-0.3, -0.25) is 5.10 Å². The zero-order valence-electron chi connectivity index (χ0n) is 7.37. The van der Waals surface area contributed by atoms with Crippen molar-refractivity contribution < 1.29 is 5.11 Å². The predicted molar refractivity (Wildman–Crippen MR) is 55.0 cm³/mol. The molecule has 0 atom stereocenters. The van der Waals surface area contributed by atoms with Crippen molar-refractivity contribution in [1.29, 1.82) is 0 Å². The van der Waals surface area contributed by atoms with E-state index in [0.29, 0.717) is 5.02 Å². The lowest BCUT2D eigenvalue weighted by molar-refractivity contribution is 0.282. The third kappa shape index (κ3) is 1.64. The van der Waals surface area contributed by atoms with Crippen LogP contribution in [0.25, 0.3) is 11.3 Å². The molecule has 2 rings (SSSR count). The number of halogens is 1. The smallest absolute Gasteiger partial charge is 0.0718 e. The van der Waals surface area contributed by atoms with Crippen molar-refractivity contribution in [3.05, 3.63) is 41.0 Å². The van der Waals surface area contributed by atoms with E-state index in [0.717, 1.165) is 16.8 Å². The first-order valence-corrected chi connectivity index (χ1v) is 4.58. The van der Waals surface area contributed by atoms with Crippen LogP contribution in [0.3, 0.4) is 0 Å². The monoisotopic (exact) mass is 208 g/mol. The van der Waals surface area contributed by atoms with Gasteiger partial charge in [0.05, 0.1) is 18.5 Å². The van der Waals surface area contributed by atoms with Crippen molar-refractivity contribution in [3.63, 3.8) is 0 Å². The van der Waals surface area contributed by atoms with E-state index in [1.165, 1.54) is 0 Å². The number of rotatable bonds is 2. The number of benzene rings is 1. The minimum atomic E-state index is -0.0194. The van der Waals surface area contributed by atoms with Gasteiger partial charge in [-0.2, -0.15) is 5.10 Å². The molecule has 4 heteroatoms. The summed E-state index contributed by atoms with van der Waals surface area (Å²) in [5.41, 5.74) is 2.59. The molecule has 0 saturated carbocycles. The summed E-state index contributed by atoms with van der Waals surface area (Å²) in [5.74, 6) is 0. The van der Waals surface area contributed by atoms with Gasteiger partial charge in [-0.1, -0.05) is 23.7 Å². The van der Waals surface area contributed by atoms with Gasteiger partial charge < -0.3 is 5.11 Å². The normalized spacial score (nSPS) is 10.4. The topological polar surface area (TPSA) is 48.9 Å². The maximum absolute atomic E-state index is 9.04. The van der Waals surface area contributed by atoms with Crippen LogP contribution in [0.4, 0.5) is 0 Å². The number of aliphatic hydroxyl groups excluding tert-OH is 1. The highest BCUT2D eigenvalue weighted by Crippen LogP contribution is 2.22. The number of hydrogen-bond donors (Lipinski definition) is 2. The number of nitrogens with zero attached hydrogens (tertiary/aromatic N) is 1. The van der Waals surface area contributed by atoms with E-state index >= 15 is 0 Å². The third-order valence-electron chi connectivity index (χ3n) is 2.02. The Hall–Kier alpha value is -1.32. The van der Waals surface area contributed by atoms with Gasteiger partial charge >= 0.3 is 0 Å². The minimum absolute atomic E-state index is 0.0194. The molecule has 0 aliphatic rings. The average Bonchev–Trinajstić information content (AvgIpc) is 2.67. The Labute approximate surface area is 86.3 Å². The molecule has 3 nitrogen and oxygen atoms in total. The number of aromatic nitrogens is 2. The third-order valence-corrected chi connectivity index (χ3v) is 2.27. The molecular formula is C10H9ClN2O. The van der Waals surface area contributed by atoms with Gasteiger partial charge in [0, 0.05) is 10.6 Å². The van der Waals surface area contributed by atoms with Gasteiger partial charge in [0.15, 0.2) is 0 Å². The standard InChI is InChI=1S/C10H9ClN2O/c11-9-3-1-7(2-4-9)10-8(6-14)5-12-13-10/h1-5,14H,6H2,(H,12,13). The molecule has 0 amide bonds. The molecule has 0 aliphatic heterocycles. The van der Waals surface area contributed by atoms with E-state index in [1.54, 1.807) is 18.3 Å². The molecule has 0 unspecified atom stereocenters. The zero-order valence-corrected chi connectivity index (χ0v) is 8.12. The fraction of sp³-hybridized carbons (Fsp3) is 0.100. The summed E-state index contributed by atoms with van der Waals surface area (Å²) in [6.45, 7) is -0.0194. The zero-order chi connectivity index (χ0) is 9.97. The fourth-order valence-corrected chi connectivity index (χ4v) is 1.42. The first-order valence-electron chi connectivity index (χ1n) is 4.20. The minimum Gasteiger partial charge on any atom is -0.392 e. The van der Waals surface area contributed by atoms with Gasteiger partial charge in [-0.25, -0.2) is 0 Å². The summed E-state index contributed by atoms with van der Waals surface area (Å²) < 4.78 is 0. The summed E-state index contributed by atoms with van der Waals surface area (Å²) >= 11 is 5.77. The van der Waals surface area contributed by atoms with Crippen LogP contribution < -0.4 is 0 Å². The van der Waals surface area contributed by atoms with Crippen LogP contribution in [0.2, 0.25) is 5.02 Å². The van der Waals surface area contributed by atoms with Crippen molar-refractivity contribution in [2.75, 3.05) is 0 Å². The van der Waals surface area contributed by atoms with E-state index in [2.05, 4.69) is 10.2 Å². The Morgan fingerprint density at radius 2 is 2.00 bits per heavy atom.